The number of hydrogen-bond acceptors (Lipinski definition) is 3. The predicted molar refractivity (Wildman–Crippen MR) is 213 cm³/mol. The first kappa shape index (κ1) is 29.3. The lowest BCUT2D eigenvalue weighted by Gasteiger charge is -2.12. The van der Waals surface area contributed by atoms with Crippen LogP contribution in [-0.4, -0.2) is 9.97 Å². The molecule has 51 heavy (non-hydrogen) atoms. The van der Waals surface area contributed by atoms with Gasteiger partial charge in [0.15, 0.2) is 5.82 Å². The molecule has 0 spiro atoms. The molecule has 8 aromatic carbocycles. The van der Waals surface area contributed by atoms with Crippen molar-refractivity contribution in [3.8, 4) is 44.9 Å². The van der Waals surface area contributed by atoms with Gasteiger partial charge in [-0.15, -0.1) is 0 Å². The van der Waals surface area contributed by atoms with Crippen LogP contribution < -0.4 is 0 Å². The number of para-hydroxylation sites is 1. The van der Waals surface area contributed by atoms with Crippen molar-refractivity contribution in [1.82, 2.24) is 9.97 Å². The Hall–Kier alpha value is -6.58. The Bertz CT molecular complexity index is 3010. The standard InChI is InChI=1S/C48H32N2O/c1-29-10-3-5-12-36(29)41-27-32(19-18-30(41)2)33-23-25-44-42(28-33)46-40(15-9-17-45(46)51-44)48-49-43-16-8-7-14-39(43)47(50-48)35-22-24-38-34(26-35)21-20-31-11-4-6-13-37(31)38/h3-28H,1-2H3. The van der Waals surface area contributed by atoms with Gasteiger partial charge in [-0.3, -0.25) is 0 Å². The minimum absolute atomic E-state index is 0.679. The molecule has 2 aromatic heterocycles. The van der Waals surface area contributed by atoms with Gasteiger partial charge < -0.3 is 4.42 Å². The molecule has 2 heterocycles. The molecule has 0 fully saturated rings. The molecule has 0 saturated heterocycles. The van der Waals surface area contributed by atoms with E-state index in [1.165, 1.54) is 49.4 Å². The molecule has 0 saturated carbocycles. The molecule has 0 bridgehead atoms. The number of furan rings is 1. The maximum Gasteiger partial charge on any atom is 0.161 e. The van der Waals surface area contributed by atoms with Gasteiger partial charge in [-0.1, -0.05) is 121 Å². The van der Waals surface area contributed by atoms with E-state index in [1.54, 1.807) is 0 Å². The van der Waals surface area contributed by atoms with Crippen LogP contribution in [0.1, 0.15) is 11.1 Å². The molecule has 0 atom stereocenters. The highest BCUT2D eigenvalue weighted by Crippen LogP contribution is 2.40. The number of aryl methyl sites for hydroxylation is 2. The summed E-state index contributed by atoms with van der Waals surface area (Å²) in [5.41, 5.74) is 12.8. The zero-order valence-corrected chi connectivity index (χ0v) is 28.3. The molecule has 3 heteroatoms. The van der Waals surface area contributed by atoms with E-state index in [9.17, 15) is 0 Å². The van der Waals surface area contributed by atoms with Crippen molar-refractivity contribution in [3.05, 3.63) is 169 Å². The highest BCUT2D eigenvalue weighted by atomic mass is 16.3. The zero-order chi connectivity index (χ0) is 34.1. The van der Waals surface area contributed by atoms with Crippen molar-refractivity contribution in [2.45, 2.75) is 13.8 Å². The van der Waals surface area contributed by atoms with Gasteiger partial charge in [-0.05, 0) is 105 Å². The summed E-state index contributed by atoms with van der Waals surface area (Å²) in [5.74, 6) is 0.679. The van der Waals surface area contributed by atoms with Gasteiger partial charge >= 0.3 is 0 Å². The van der Waals surface area contributed by atoms with Gasteiger partial charge in [0.1, 0.15) is 11.2 Å². The summed E-state index contributed by atoms with van der Waals surface area (Å²) in [6, 6.07) is 56.0. The Kier molecular flexibility index (Phi) is 6.62. The maximum atomic E-state index is 6.46. The third kappa shape index (κ3) is 4.81. The fraction of sp³-hybridized carbons (Fsp3) is 0.0417. The molecule has 0 unspecified atom stereocenters. The van der Waals surface area contributed by atoms with Crippen LogP contribution >= 0.6 is 0 Å². The number of aromatic nitrogens is 2. The smallest absolute Gasteiger partial charge is 0.161 e. The summed E-state index contributed by atoms with van der Waals surface area (Å²) in [4.78, 5) is 10.5. The molecule has 0 aliphatic carbocycles. The van der Waals surface area contributed by atoms with Crippen molar-refractivity contribution in [3.63, 3.8) is 0 Å². The normalized spacial score (nSPS) is 11.7. The summed E-state index contributed by atoms with van der Waals surface area (Å²) in [5, 5.41) is 8.01. The van der Waals surface area contributed by atoms with Gasteiger partial charge in [0, 0.05) is 27.3 Å². The first-order valence-electron chi connectivity index (χ1n) is 17.4. The fourth-order valence-corrected chi connectivity index (χ4v) is 7.74. The molecule has 0 aliphatic rings. The van der Waals surface area contributed by atoms with E-state index in [-0.39, 0.29) is 0 Å². The molecule has 0 aliphatic heterocycles. The molecule has 10 rings (SSSR count). The Balaban J connectivity index is 1.15. The third-order valence-corrected chi connectivity index (χ3v) is 10.4. The minimum Gasteiger partial charge on any atom is -0.456 e. The number of hydrogen-bond donors (Lipinski definition) is 0. The maximum absolute atomic E-state index is 6.46. The monoisotopic (exact) mass is 652 g/mol. The summed E-state index contributed by atoms with van der Waals surface area (Å²) in [6.45, 7) is 4.36. The molecular formula is C48H32N2O. The highest BCUT2D eigenvalue weighted by Gasteiger charge is 2.18. The van der Waals surface area contributed by atoms with Crippen LogP contribution in [0.2, 0.25) is 0 Å². The average molecular weight is 653 g/mol. The Morgan fingerprint density at radius 2 is 1.12 bits per heavy atom. The Morgan fingerprint density at radius 3 is 2.04 bits per heavy atom. The quantitative estimate of drug-likeness (QED) is 0.178. The molecule has 0 radical (unpaired) electrons. The number of fused-ring (bicyclic) bond motifs is 7. The van der Waals surface area contributed by atoms with Crippen LogP contribution in [-0.2, 0) is 0 Å². The van der Waals surface area contributed by atoms with E-state index in [0.717, 1.165) is 55.2 Å². The summed E-state index contributed by atoms with van der Waals surface area (Å²) >= 11 is 0. The second kappa shape index (κ2) is 11.5. The zero-order valence-electron chi connectivity index (χ0n) is 28.3. The SMILES string of the molecule is Cc1ccccc1-c1cc(-c2ccc3oc4cccc(-c5nc(-c6ccc7c(ccc8ccccc87)c6)c6ccccc6n5)c4c3c2)ccc1C. The van der Waals surface area contributed by atoms with Crippen LogP contribution in [0.15, 0.2) is 162 Å². The second-order valence-corrected chi connectivity index (χ2v) is 13.5. The largest absolute Gasteiger partial charge is 0.456 e. The average Bonchev–Trinajstić information content (AvgIpc) is 3.56. The number of benzene rings is 8. The predicted octanol–water partition coefficient (Wildman–Crippen LogP) is 13.1. The van der Waals surface area contributed by atoms with Gasteiger partial charge in [0.2, 0.25) is 0 Å². The van der Waals surface area contributed by atoms with Gasteiger partial charge in [0.25, 0.3) is 0 Å². The summed E-state index contributed by atoms with van der Waals surface area (Å²) < 4.78 is 6.46. The first-order valence-corrected chi connectivity index (χ1v) is 17.4. The van der Waals surface area contributed by atoms with Crippen LogP contribution in [0.4, 0.5) is 0 Å². The van der Waals surface area contributed by atoms with E-state index < -0.39 is 0 Å². The molecule has 3 nitrogen and oxygen atoms in total. The molecule has 10 aromatic rings. The van der Waals surface area contributed by atoms with Crippen molar-refractivity contribution in [2.24, 2.45) is 0 Å². The van der Waals surface area contributed by atoms with Gasteiger partial charge in [-0.2, -0.15) is 0 Å². The molecule has 0 N–H and O–H groups in total. The molecule has 0 amide bonds. The fourth-order valence-electron chi connectivity index (χ4n) is 7.74. The molecule has 240 valence electrons. The topological polar surface area (TPSA) is 38.9 Å². The Morgan fingerprint density at radius 1 is 0.412 bits per heavy atom. The van der Waals surface area contributed by atoms with Crippen LogP contribution in [0.5, 0.6) is 0 Å². The summed E-state index contributed by atoms with van der Waals surface area (Å²) in [6.07, 6.45) is 0. The van der Waals surface area contributed by atoms with E-state index in [1.807, 2.05) is 18.2 Å². The van der Waals surface area contributed by atoms with Crippen LogP contribution in [0.25, 0.3) is 99.3 Å². The minimum atomic E-state index is 0.679. The lowest BCUT2D eigenvalue weighted by molar-refractivity contribution is 0.669. The Labute approximate surface area is 295 Å². The van der Waals surface area contributed by atoms with E-state index in [4.69, 9.17) is 14.4 Å². The highest BCUT2D eigenvalue weighted by molar-refractivity contribution is 6.13. The lowest BCUT2D eigenvalue weighted by atomic mass is 9.92. The second-order valence-electron chi connectivity index (χ2n) is 13.5. The van der Waals surface area contributed by atoms with Gasteiger partial charge in [0.05, 0.1) is 11.2 Å². The van der Waals surface area contributed by atoms with E-state index >= 15 is 0 Å². The number of nitrogens with zero attached hydrogens (tertiary/aromatic N) is 2. The molecular weight excluding hydrogens is 621 g/mol. The van der Waals surface area contributed by atoms with Crippen LogP contribution in [0.3, 0.4) is 0 Å². The van der Waals surface area contributed by atoms with Crippen molar-refractivity contribution in [1.29, 1.82) is 0 Å². The van der Waals surface area contributed by atoms with E-state index in [2.05, 4.69) is 153 Å². The lowest BCUT2D eigenvalue weighted by Crippen LogP contribution is -1.95. The van der Waals surface area contributed by atoms with Crippen LogP contribution in [0, 0.1) is 13.8 Å². The van der Waals surface area contributed by atoms with Crippen molar-refractivity contribution >= 4 is 54.4 Å². The summed E-state index contributed by atoms with van der Waals surface area (Å²) in [7, 11) is 0. The van der Waals surface area contributed by atoms with Crippen molar-refractivity contribution < 1.29 is 4.42 Å². The van der Waals surface area contributed by atoms with Gasteiger partial charge in [-0.25, -0.2) is 9.97 Å². The third-order valence-electron chi connectivity index (χ3n) is 10.4. The first-order chi connectivity index (χ1) is 25.1. The van der Waals surface area contributed by atoms with Crippen molar-refractivity contribution in [2.75, 3.05) is 0 Å². The number of rotatable bonds is 4. The van der Waals surface area contributed by atoms with E-state index in [0.29, 0.717) is 5.82 Å².